The Morgan fingerprint density at radius 3 is 2.85 bits per heavy atom. The first-order chi connectivity index (χ1) is 9.56. The second-order valence-corrected chi connectivity index (χ2v) is 5.64. The van der Waals surface area contributed by atoms with Crippen molar-refractivity contribution in [1.82, 2.24) is 20.6 Å². The molecule has 2 heterocycles. The number of amides is 2. The zero-order chi connectivity index (χ0) is 14.5. The van der Waals surface area contributed by atoms with Gasteiger partial charge in [0.05, 0.1) is 17.5 Å². The van der Waals surface area contributed by atoms with Crippen LogP contribution in [0.2, 0.25) is 0 Å². The number of aromatic nitrogens is 2. The van der Waals surface area contributed by atoms with Crippen LogP contribution in [0.1, 0.15) is 33.3 Å². The zero-order valence-electron chi connectivity index (χ0n) is 11.3. The number of nitrogens with one attached hydrogen (secondary N) is 3. The smallest absolute Gasteiger partial charge is 0.261 e. The van der Waals surface area contributed by atoms with E-state index in [-0.39, 0.29) is 24.4 Å². The molecule has 0 aromatic carbocycles. The molecule has 0 fully saturated rings. The summed E-state index contributed by atoms with van der Waals surface area (Å²) < 4.78 is 0. The summed E-state index contributed by atoms with van der Waals surface area (Å²) >= 11 is 1.40. The highest BCUT2D eigenvalue weighted by atomic mass is 32.1. The van der Waals surface area contributed by atoms with Crippen molar-refractivity contribution >= 4 is 23.2 Å². The van der Waals surface area contributed by atoms with Crippen molar-refractivity contribution in [2.75, 3.05) is 6.54 Å². The van der Waals surface area contributed by atoms with Crippen molar-refractivity contribution in [1.29, 1.82) is 0 Å². The van der Waals surface area contributed by atoms with Crippen LogP contribution in [-0.4, -0.2) is 28.3 Å². The molecule has 0 bridgehead atoms. The average Bonchev–Trinajstić information content (AvgIpc) is 3.06. The number of rotatable bonds is 5. The average molecular weight is 292 g/mol. The Labute approximate surface area is 120 Å². The van der Waals surface area contributed by atoms with Gasteiger partial charge in [-0.2, -0.15) is 0 Å². The molecule has 0 aliphatic heterocycles. The van der Waals surface area contributed by atoms with E-state index in [0.29, 0.717) is 10.7 Å². The molecule has 0 saturated carbocycles. The molecule has 0 aliphatic rings. The predicted octanol–water partition coefficient (Wildman–Crippen LogP) is 1.39. The normalized spacial score (nSPS) is 11.9. The summed E-state index contributed by atoms with van der Waals surface area (Å²) in [5.74, 6) is 0.193. The van der Waals surface area contributed by atoms with Gasteiger partial charge in [-0.05, 0) is 26.0 Å². The van der Waals surface area contributed by atoms with Crippen LogP contribution in [0, 0.1) is 6.92 Å². The molecule has 2 aromatic rings. The molecular formula is C13H16N4O2S. The lowest BCUT2D eigenvalue weighted by atomic mass is 10.3. The van der Waals surface area contributed by atoms with Crippen molar-refractivity contribution in [2.24, 2.45) is 0 Å². The van der Waals surface area contributed by atoms with E-state index in [1.807, 2.05) is 19.9 Å². The second-order valence-electron chi connectivity index (χ2n) is 4.36. The van der Waals surface area contributed by atoms with Crippen LogP contribution >= 0.6 is 11.3 Å². The van der Waals surface area contributed by atoms with Gasteiger partial charge in [0.1, 0.15) is 5.82 Å². The minimum Gasteiger partial charge on any atom is -0.347 e. The standard InChI is InChI=1S/C13H16N4O2S/c1-8-3-4-10(20-8)13(19)16-7-11(18)17-9(2)12-14-5-6-15-12/h3-6,9H,7H2,1-2H3,(H,14,15)(H,16,19)(H,17,18). The van der Waals surface area contributed by atoms with Gasteiger partial charge in [0, 0.05) is 17.3 Å². The molecule has 20 heavy (non-hydrogen) atoms. The van der Waals surface area contributed by atoms with Crippen LogP contribution in [-0.2, 0) is 4.79 Å². The van der Waals surface area contributed by atoms with Crippen molar-refractivity contribution < 1.29 is 9.59 Å². The fourth-order valence-corrected chi connectivity index (χ4v) is 2.46. The Hall–Kier alpha value is -2.15. The maximum atomic E-state index is 11.8. The van der Waals surface area contributed by atoms with Crippen molar-refractivity contribution in [2.45, 2.75) is 19.9 Å². The van der Waals surface area contributed by atoms with E-state index in [1.54, 1.807) is 18.5 Å². The third kappa shape index (κ3) is 3.67. The van der Waals surface area contributed by atoms with E-state index < -0.39 is 0 Å². The van der Waals surface area contributed by atoms with E-state index in [0.717, 1.165) is 4.88 Å². The van der Waals surface area contributed by atoms with E-state index >= 15 is 0 Å². The Bertz CT molecular complexity index is 591. The summed E-state index contributed by atoms with van der Waals surface area (Å²) in [7, 11) is 0. The molecule has 0 aliphatic carbocycles. The number of aromatic amines is 1. The number of hydrogen-bond donors (Lipinski definition) is 3. The minimum absolute atomic E-state index is 0.0547. The largest absolute Gasteiger partial charge is 0.347 e. The first kappa shape index (κ1) is 14.3. The zero-order valence-corrected chi connectivity index (χ0v) is 12.1. The molecule has 3 N–H and O–H groups in total. The molecule has 7 heteroatoms. The number of thiophene rings is 1. The molecule has 106 valence electrons. The predicted molar refractivity (Wildman–Crippen MR) is 76.5 cm³/mol. The van der Waals surface area contributed by atoms with Gasteiger partial charge >= 0.3 is 0 Å². The van der Waals surface area contributed by atoms with E-state index in [4.69, 9.17) is 0 Å². The fourth-order valence-electron chi connectivity index (χ4n) is 1.68. The van der Waals surface area contributed by atoms with Crippen molar-refractivity contribution in [3.63, 3.8) is 0 Å². The Balaban J connectivity index is 1.79. The Morgan fingerprint density at radius 2 is 2.25 bits per heavy atom. The third-order valence-electron chi connectivity index (χ3n) is 2.68. The topological polar surface area (TPSA) is 86.9 Å². The monoisotopic (exact) mass is 292 g/mol. The van der Waals surface area contributed by atoms with Crippen molar-refractivity contribution in [3.8, 4) is 0 Å². The van der Waals surface area contributed by atoms with Gasteiger partial charge in [-0.3, -0.25) is 9.59 Å². The molecular weight excluding hydrogens is 276 g/mol. The molecule has 0 spiro atoms. The van der Waals surface area contributed by atoms with E-state index in [1.165, 1.54) is 11.3 Å². The third-order valence-corrected chi connectivity index (χ3v) is 3.68. The number of hydrogen-bond acceptors (Lipinski definition) is 4. The van der Waals surface area contributed by atoms with E-state index in [9.17, 15) is 9.59 Å². The highest BCUT2D eigenvalue weighted by Gasteiger charge is 2.13. The van der Waals surface area contributed by atoms with Gasteiger partial charge in [-0.25, -0.2) is 4.98 Å². The van der Waals surface area contributed by atoms with Gasteiger partial charge in [0.25, 0.3) is 5.91 Å². The number of nitrogens with zero attached hydrogens (tertiary/aromatic N) is 1. The quantitative estimate of drug-likeness (QED) is 0.778. The van der Waals surface area contributed by atoms with Crippen LogP contribution < -0.4 is 10.6 Å². The number of carbonyl (C=O) groups is 2. The van der Waals surface area contributed by atoms with Gasteiger partial charge in [0.15, 0.2) is 0 Å². The summed E-state index contributed by atoms with van der Waals surface area (Å²) in [6.45, 7) is 3.70. The summed E-state index contributed by atoms with van der Waals surface area (Å²) in [6, 6.07) is 3.40. The molecule has 0 radical (unpaired) electrons. The first-order valence-corrected chi connectivity index (χ1v) is 7.01. The second kappa shape index (κ2) is 6.33. The highest BCUT2D eigenvalue weighted by molar-refractivity contribution is 7.13. The molecule has 1 atom stereocenters. The van der Waals surface area contributed by atoms with Crippen LogP contribution in [0.15, 0.2) is 24.5 Å². The van der Waals surface area contributed by atoms with Gasteiger partial charge < -0.3 is 15.6 Å². The van der Waals surface area contributed by atoms with Gasteiger partial charge in [-0.1, -0.05) is 0 Å². The Kier molecular flexibility index (Phi) is 4.52. The maximum Gasteiger partial charge on any atom is 0.261 e. The number of aryl methyl sites for hydroxylation is 1. The van der Waals surface area contributed by atoms with Crippen LogP contribution in [0.4, 0.5) is 0 Å². The van der Waals surface area contributed by atoms with E-state index in [2.05, 4.69) is 20.6 Å². The number of H-pyrrole nitrogens is 1. The molecule has 1 unspecified atom stereocenters. The molecule has 2 rings (SSSR count). The molecule has 6 nitrogen and oxygen atoms in total. The lowest BCUT2D eigenvalue weighted by Gasteiger charge is -2.11. The minimum atomic E-state index is -0.254. The number of imidazole rings is 1. The van der Waals surface area contributed by atoms with Crippen LogP contribution in [0.3, 0.4) is 0 Å². The maximum absolute atomic E-state index is 11.8. The summed E-state index contributed by atoms with van der Waals surface area (Å²) in [4.78, 5) is 32.2. The number of carbonyl (C=O) groups excluding carboxylic acids is 2. The molecule has 2 aromatic heterocycles. The van der Waals surface area contributed by atoms with Gasteiger partial charge in [-0.15, -0.1) is 11.3 Å². The van der Waals surface area contributed by atoms with Gasteiger partial charge in [0.2, 0.25) is 5.91 Å². The van der Waals surface area contributed by atoms with Crippen molar-refractivity contribution in [3.05, 3.63) is 40.1 Å². The van der Waals surface area contributed by atoms with Crippen LogP contribution in [0.5, 0.6) is 0 Å². The fraction of sp³-hybridized carbons (Fsp3) is 0.308. The Morgan fingerprint density at radius 1 is 1.45 bits per heavy atom. The summed E-state index contributed by atoms with van der Waals surface area (Å²) in [5, 5.41) is 5.34. The first-order valence-electron chi connectivity index (χ1n) is 6.19. The van der Waals surface area contributed by atoms with Crippen LogP contribution in [0.25, 0.3) is 0 Å². The lowest BCUT2D eigenvalue weighted by Crippen LogP contribution is -2.38. The summed E-state index contributed by atoms with van der Waals surface area (Å²) in [5.41, 5.74) is 0. The SMILES string of the molecule is Cc1ccc(C(=O)NCC(=O)NC(C)c2ncc[nH]2)s1. The molecule has 0 saturated heterocycles. The summed E-state index contributed by atoms with van der Waals surface area (Å²) in [6.07, 6.45) is 3.32. The lowest BCUT2D eigenvalue weighted by molar-refractivity contribution is -0.120. The highest BCUT2D eigenvalue weighted by Crippen LogP contribution is 2.14. The molecule has 2 amide bonds.